The predicted octanol–water partition coefficient (Wildman–Crippen LogP) is 1.40. The maximum absolute atomic E-state index is 12.8. The van der Waals surface area contributed by atoms with E-state index in [9.17, 15) is 14.9 Å². The van der Waals surface area contributed by atoms with Gasteiger partial charge in [-0.1, -0.05) is 6.07 Å². The van der Waals surface area contributed by atoms with Crippen molar-refractivity contribution in [2.45, 2.75) is 26.4 Å². The topological polar surface area (TPSA) is 97.4 Å². The predicted molar refractivity (Wildman–Crippen MR) is 94.4 cm³/mol. The molecule has 1 aliphatic rings. The Bertz CT molecular complexity index is 783. The number of hydrogen-bond donors (Lipinski definition) is 0. The average molecular weight is 358 g/mol. The summed E-state index contributed by atoms with van der Waals surface area (Å²) in [5.74, 6) is -0.0628. The van der Waals surface area contributed by atoms with E-state index >= 15 is 0 Å². The Labute approximate surface area is 151 Å². The van der Waals surface area contributed by atoms with Crippen LogP contribution in [0.15, 0.2) is 30.7 Å². The second-order valence-corrected chi connectivity index (χ2v) is 6.46. The highest BCUT2D eigenvalue weighted by atomic mass is 16.6. The lowest BCUT2D eigenvalue weighted by atomic mass is 10.2. The van der Waals surface area contributed by atoms with Gasteiger partial charge in [-0.2, -0.15) is 5.10 Å². The molecule has 9 nitrogen and oxygen atoms in total. The van der Waals surface area contributed by atoms with Crippen molar-refractivity contribution < 1.29 is 9.72 Å². The van der Waals surface area contributed by atoms with Crippen molar-refractivity contribution in [3.8, 4) is 0 Å². The van der Waals surface area contributed by atoms with Crippen LogP contribution in [0.2, 0.25) is 0 Å². The van der Waals surface area contributed by atoms with Crippen molar-refractivity contribution in [2.24, 2.45) is 0 Å². The molecular formula is C17H22N6O3. The molecule has 1 fully saturated rings. The molecule has 1 amide bonds. The van der Waals surface area contributed by atoms with E-state index in [1.807, 2.05) is 18.3 Å². The van der Waals surface area contributed by atoms with Crippen molar-refractivity contribution in [3.05, 3.63) is 52.1 Å². The van der Waals surface area contributed by atoms with Crippen molar-refractivity contribution >= 4 is 11.6 Å². The number of rotatable bonds is 5. The van der Waals surface area contributed by atoms with Crippen LogP contribution in [0, 0.1) is 17.0 Å². The second kappa shape index (κ2) is 7.61. The molecule has 138 valence electrons. The third-order valence-corrected chi connectivity index (χ3v) is 4.75. The molecule has 2 aromatic rings. The van der Waals surface area contributed by atoms with Crippen LogP contribution in [0.1, 0.15) is 24.2 Å². The summed E-state index contributed by atoms with van der Waals surface area (Å²) in [7, 11) is 0. The lowest BCUT2D eigenvalue weighted by Crippen LogP contribution is -2.50. The molecule has 1 saturated heterocycles. The van der Waals surface area contributed by atoms with Gasteiger partial charge in [0.15, 0.2) is 0 Å². The molecule has 0 radical (unpaired) electrons. The summed E-state index contributed by atoms with van der Waals surface area (Å²) in [6.07, 6.45) is 4.81. The third-order valence-electron chi connectivity index (χ3n) is 4.75. The molecule has 0 saturated carbocycles. The van der Waals surface area contributed by atoms with E-state index in [-0.39, 0.29) is 11.6 Å². The van der Waals surface area contributed by atoms with Crippen LogP contribution in [-0.2, 0) is 11.3 Å². The highest BCUT2D eigenvalue weighted by molar-refractivity contribution is 5.80. The fraction of sp³-hybridized carbons (Fsp3) is 0.471. The van der Waals surface area contributed by atoms with Gasteiger partial charge >= 0.3 is 5.69 Å². The van der Waals surface area contributed by atoms with Gasteiger partial charge in [0.1, 0.15) is 17.9 Å². The number of nitrogens with zero attached hydrogens (tertiary/aromatic N) is 6. The second-order valence-electron chi connectivity index (χ2n) is 6.46. The van der Waals surface area contributed by atoms with Gasteiger partial charge in [0.25, 0.3) is 0 Å². The lowest BCUT2D eigenvalue weighted by molar-refractivity contribution is -0.385. The molecule has 1 aliphatic heterocycles. The highest BCUT2D eigenvalue weighted by Gasteiger charge is 2.29. The first kappa shape index (κ1) is 18.0. The summed E-state index contributed by atoms with van der Waals surface area (Å²) in [5, 5.41) is 15.0. The van der Waals surface area contributed by atoms with Crippen LogP contribution in [0.4, 0.5) is 5.69 Å². The summed E-state index contributed by atoms with van der Waals surface area (Å²) in [4.78, 5) is 31.5. The number of piperazine rings is 1. The minimum absolute atomic E-state index is 0.0628. The molecule has 3 rings (SSSR count). The van der Waals surface area contributed by atoms with Crippen molar-refractivity contribution in [1.82, 2.24) is 24.6 Å². The number of pyridine rings is 1. The molecule has 1 unspecified atom stereocenters. The van der Waals surface area contributed by atoms with Crippen molar-refractivity contribution in [1.29, 1.82) is 0 Å². The maximum Gasteiger partial charge on any atom is 0.309 e. The summed E-state index contributed by atoms with van der Waals surface area (Å²) in [5.41, 5.74) is 1.48. The number of carbonyl (C=O) groups is 1. The smallest absolute Gasteiger partial charge is 0.309 e. The first-order valence-corrected chi connectivity index (χ1v) is 8.56. The molecule has 0 bridgehead atoms. The van der Waals surface area contributed by atoms with Crippen LogP contribution in [0.25, 0.3) is 0 Å². The Kier molecular flexibility index (Phi) is 5.27. The third kappa shape index (κ3) is 3.72. The van der Waals surface area contributed by atoms with E-state index in [0.29, 0.717) is 18.8 Å². The average Bonchev–Trinajstić information content (AvgIpc) is 3.04. The molecular weight excluding hydrogens is 336 g/mol. The lowest BCUT2D eigenvalue weighted by Gasteiger charge is -2.36. The zero-order chi connectivity index (χ0) is 18.7. The number of nitro groups is 1. The monoisotopic (exact) mass is 358 g/mol. The fourth-order valence-corrected chi connectivity index (χ4v) is 3.23. The van der Waals surface area contributed by atoms with Gasteiger partial charge in [-0.25, -0.2) is 0 Å². The van der Waals surface area contributed by atoms with Crippen molar-refractivity contribution in [3.63, 3.8) is 0 Å². The van der Waals surface area contributed by atoms with Gasteiger partial charge in [-0.15, -0.1) is 0 Å². The van der Waals surface area contributed by atoms with E-state index in [2.05, 4.69) is 15.0 Å². The molecule has 9 heteroatoms. The minimum atomic E-state index is -0.562. The fourth-order valence-electron chi connectivity index (χ4n) is 3.23. The van der Waals surface area contributed by atoms with Gasteiger partial charge in [-0.05, 0) is 25.5 Å². The van der Waals surface area contributed by atoms with E-state index < -0.39 is 11.0 Å². The van der Waals surface area contributed by atoms with E-state index in [4.69, 9.17) is 0 Å². The normalized spacial score (nSPS) is 16.5. The highest BCUT2D eigenvalue weighted by Crippen LogP contribution is 2.21. The molecule has 0 aromatic carbocycles. The SMILES string of the molecule is Cc1c([N+](=O)[O-])cnn1C(C)C(=O)N1CCN(Cc2cccnc2)CC1. The molecule has 2 aromatic heterocycles. The van der Waals surface area contributed by atoms with Crippen molar-refractivity contribution in [2.75, 3.05) is 26.2 Å². The number of aromatic nitrogens is 3. The number of amides is 1. The standard InChI is InChI=1S/C17H22N6O3/c1-13-16(23(25)26)11-19-22(13)14(2)17(24)21-8-6-20(7-9-21)12-15-4-3-5-18-10-15/h3-5,10-11,14H,6-9,12H2,1-2H3. The first-order valence-electron chi connectivity index (χ1n) is 8.56. The Balaban J connectivity index is 1.59. The quantitative estimate of drug-likeness (QED) is 0.592. The summed E-state index contributed by atoms with van der Waals surface area (Å²) >= 11 is 0. The van der Waals surface area contributed by atoms with E-state index in [0.717, 1.165) is 25.2 Å². The van der Waals surface area contributed by atoms with E-state index in [1.165, 1.54) is 10.9 Å². The van der Waals surface area contributed by atoms with Crippen LogP contribution < -0.4 is 0 Å². The summed E-state index contributed by atoms with van der Waals surface area (Å²) in [6.45, 7) is 6.99. The van der Waals surface area contributed by atoms with Crippen LogP contribution in [-0.4, -0.2) is 61.6 Å². The number of carbonyl (C=O) groups excluding carboxylic acids is 1. The molecule has 1 atom stereocenters. The molecule has 26 heavy (non-hydrogen) atoms. The first-order chi connectivity index (χ1) is 12.5. The van der Waals surface area contributed by atoms with Gasteiger partial charge in [0, 0.05) is 45.1 Å². The summed E-state index contributed by atoms with van der Waals surface area (Å²) in [6, 6.07) is 3.40. The summed E-state index contributed by atoms with van der Waals surface area (Å²) < 4.78 is 1.43. The van der Waals surface area contributed by atoms with Crippen LogP contribution in [0.3, 0.4) is 0 Å². The van der Waals surface area contributed by atoms with Crippen LogP contribution >= 0.6 is 0 Å². The molecule has 0 spiro atoms. The van der Waals surface area contributed by atoms with Gasteiger partial charge in [-0.3, -0.25) is 29.5 Å². The minimum Gasteiger partial charge on any atom is -0.338 e. The Morgan fingerprint density at radius 2 is 2.04 bits per heavy atom. The molecule has 3 heterocycles. The Hall–Kier alpha value is -2.81. The van der Waals surface area contributed by atoms with Gasteiger partial charge in [0.05, 0.1) is 4.92 Å². The molecule has 0 aliphatic carbocycles. The van der Waals surface area contributed by atoms with Gasteiger partial charge in [0.2, 0.25) is 5.91 Å². The molecule has 0 N–H and O–H groups in total. The zero-order valence-electron chi connectivity index (χ0n) is 14.9. The van der Waals surface area contributed by atoms with E-state index in [1.54, 1.807) is 24.9 Å². The maximum atomic E-state index is 12.8. The van der Waals surface area contributed by atoms with Crippen LogP contribution in [0.5, 0.6) is 0 Å². The van der Waals surface area contributed by atoms with Gasteiger partial charge < -0.3 is 4.90 Å². The largest absolute Gasteiger partial charge is 0.338 e. The Morgan fingerprint density at radius 3 is 2.62 bits per heavy atom. The zero-order valence-corrected chi connectivity index (χ0v) is 14.9. The Morgan fingerprint density at radius 1 is 1.31 bits per heavy atom. The number of hydrogen-bond acceptors (Lipinski definition) is 6.